The number of aliphatic imine (C=N–C) groups is 1. The molecule has 0 radical (unpaired) electrons. The van der Waals surface area contributed by atoms with Crippen LogP contribution in [-0.2, 0) is 17.8 Å². The second-order valence-electron chi connectivity index (χ2n) is 6.55. The lowest BCUT2D eigenvalue weighted by atomic mass is 10.1. The highest BCUT2D eigenvalue weighted by atomic mass is 127. The Balaban J connectivity index is 0.00000364. The zero-order chi connectivity index (χ0) is 18.8. The predicted molar refractivity (Wildman–Crippen MR) is 121 cm³/mol. The van der Waals surface area contributed by atoms with Crippen LogP contribution in [0, 0.1) is 5.92 Å². The average Bonchev–Trinajstić information content (AvgIpc) is 2.60. The molecule has 0 fully saturated rings. The van der Waals surface area contributed by atoms with E-state index in [-0.39, 0.29) is 29.9 Å². The molecular weight excluding hydrogens is 453 g/mol. The molecule has 6 nitrogen and oxygen atoms in total. The topological polar surface area (TPSA) is 92.4 Å². The fourth-order valence-corrected chi connectivity index (χ4v) is 2.43. The van der Waals surface area contributed by atoms with Crippen molar-refractivity contribution >= 4 is 41.5 Å². The van der Waals surface area contributed by atoms with Gasteiger partial charge in [-0.3, -0.25) is 9.78 Å². The van der Waals surface area contributed by atoms with E-state index < -0.39 is 0 Å². The van der Waals surface area contributed by atoms with Crippen molar-refractivity contribution in [2.75, 3.05) is 11.9 Å². The summed E-state index contributed by atoms with van der Waals surface area (Å²) in [5.41, 5.74) is 8.69. The van der Waals surface area contributed by atoms with Crippen molar-refractivity contribution in [2.45, 2.75) is 33.2 Å². The van der Waals surface area contributed by atoms with Crippen LogP contribution in [0.2, 0.25) is 0 Å². The van der Waals surface area contributed by atoms with E-state index in [4.69, 9.17) is 5.73 Å². The molecule has 1 amide bonds. The van der Waals surface area contributed by atoms with Gasteiger partial charge < -0.3 is 16.4 Å². The lowest BCUT2D eigenvalue weighted by Crippen LogP contribution is -2.33. The fourth-order valence-electron chi connectivity index (χ4n) is 2.43. The molecule has 0 aliphatic carbocycles. The Labute approximate surface area is 178 Å². The number of hydrogen-bond donors (Lipinski definition) is 3. The van der Waals surface area contributed by atoms with Crippen LogP contribution >= 0.6 is 24.0 Å². The number of pyridine rings is 1. The van der Waals surface area contributed by atoms with Gasteiger partial charge in [-0.05, 0) is 35.7 Å². The van der Waals surface area contributed by atoms with E-state index in [9.17, 15) is 4.79 Å². The van der Waals surface area contributed by atoms with Gasteiger partial charge in [0.05, 0.1) is 6.54 Å². The third-order valence-electron chi connectivity index (χ3n) is 3.65. The first-order valence-corrected chi connectivity index (χ1v) is 8.85. The second-order valence-corrected chi connectivity index (χ2v) is 6.55. The summed E-state index contributed by atoms with van der Waals surface area (Å²) in [6, 6.07) is 13.5. The number of carbonyl (C=O) groups is 1. The first kappa shape index (κ1) is 22.9. The Morgan fingerprint density at radius 1 is 1.22 bits per heavy atom. The maximum atomic E-state index is 11.9. The van der Waals surface area contributed by atoms with Crippen molar-refractivity contribution in [2.24, 2.45) is 16.6 Å². The molecule has 0 spiro atoms. The summed E-state index contributed by atoms with van der Waals surface area (Å²) in [6.45, 7) is 5.18. The molecule has 1 aromatic heterocycles. The Hall–Kier alpha value is -2.16. The first-order valence-electron chi connectivity index (χ1n) is 8.85. The summed E-state index contributed by atoms with van der Waals surface area (Å²) < 4.78 is 0. The minimum absolute atomic E-state index is 0. The van der Waals surface area contributed by atoms with Gasteiger partial charge in [-0.15, -0.1) is 24.0 Å². The minimum Gasteiger partial charge on any atom is -0.370 e. The van der Waals surface area contributed by atoms with Crippen molar-refractivity contribution in [3.8, 4) is 0 Å². The maximum absolute atomic E-state index is 11.9. The van der Waals surface area contributed by atoms with E-state index >= 15 is 0 Å². The molecule has 0 atom stereocenters. The number of halogens is 1. The van der Waals surface area contributed by atoms with Gasteiger partial charge in [0.1, 0.15) is 0 Å². The number of nitrogens with one attached hydrogen (secondary N) is 2. The molecule has 0 saturated carbocycles. The third-order valence-corrected chi connectivity index (χ3v) is 3.65. The predicted octanol–water partition coefficient (Wildman–Crippen LogP) is 3.33. The molecule has 0 saturated heterocycles. The molecule has 0 bridgehead atoms. The van der Waals surface area contributed by atoms with Crippen molar-refractivity contribution in [1.82, 2.24) is 10.3 Å². The van der Waals surface area contributed by atoms with Crippen LogP contribution in [0.5, 0.6) is 0 Å². The maximum Gasteiger partial charge on any atom is 0.224 e. The molecule has 1 aromatic carbocycles. The molecule has 27 heavy (non-hydrogen) atoms. The Morgan fingerprint density at radius 3 is 2.74 bits per heavy atom. The fraction of sp³-hybridized carbons (Fsp3) is 0.350. The molecule has 7 heteroatoms. The molecule has 0 aliphatic heterocycles. The number of guanidine groups is 1. The molecule has 2 rings (SSSR count). The number of rotatable bonds is 8. The van der Waals surface area contributed by atoms with Crippen LogP contribution in [0.3, 0.4) is 0 Å². The van der Waals surface area contributed by atoms with E-state index in [1.54, 1.807) is 6.20 Å². The van der Waals surface area contributed by atoms with Gasteiger partial charge in [-0.1, -0.05) is 32.0 Å². The SMILES string of the molecule is CC(C)CC(=O)Nc1cccc(CN=C(N)NCCc2ccccn2)c1.I. The van der Waals surface area contributed by atoms with Gasteiger partial charge in [0, 0.05) is 37.0 Å². The average molecular weight is 481 g/mol. The smallest absolute Gasteiger partial charge is 0.224 e. The summed E-state index contributed by atoms with van der Waals surface area (Å²) in [5.74, 6) is 0.756. The normalized spacial score (nSPS) is 11.0. The quantitative estimate of drug-likeness (QED) is 0.307. The van der Waals surface area contributed by atoms with Crippen LogP contribution in [0.4, 0.5) is 5.69 Å². The van der Waals surface area contributed by atoms with E-state index in [0.29, 0.717) is 31.4 Å². The van der Waals surface area contributed by atoms with E-state index in [1.807, 2.05) is 56.3 Å². The third kappa shape index (κ3) is 9.37. The van der Waals surface area contributed by atoms with Crippen molar-refractivity contribution < 1.29 is 4.79 Å². The number of aromatic nitrogens is 1. The Bertz CT molecular complexity index is 734. The lowest BCUT2D eigenvalue weighted by Gasteiger charge is -2.09. The van der Waals surface area contributed by atoms with E-state index in [2.05, 4.69) is 20.6 Å². The number of nitrogens with two attached hydrogens (primary N) is 1. The highest BCUT2D eigenvalue weighted by Gasteiger charge is 2.05. The summed E-state index contributed by atoms with van der Waals surface area (Å²) in [7, 11) is 0. The Morgan fingerprint density at radius 2 is 2.04 bits per heavy atom. The van der Waals surface area contributed by atoms with Crippen LogP contribution in [-0.4, -0.2) is 23.4 Å². The van der Waals surface area contributed by atoms with Gasteiger partial charge in [0.25, 0.3) is 0 Å². The number of carbonyl (C=O) groups excluding carboxylic acids is 1. The standard InChI is InChI=1S/C20H27N5O.HI/c1-15(2)12-19(26)25-18-8-5-6-16(13-18)14-24-20(21)23-11-9-17-7-3-4-10-22-17;/h3-8,10,13,15H,9,11-12,14H2,1-2H3,(H,25,26)(H3,21,23,24);1H. The van der Waals surface area contributed by atoms with Gasteiger partial charge in [0.2, 0.25) is 5.91 Å². The zero-order valence-electron chi connectivity index (χ0n) is 15.8. The minimum atomic E-state index is 0. The molecule has 4 N–H and O–H groups in total. The van der Waals surface area contributed by atoms with Crippen LogP contribution < -0.4 is 16.4 Å². The highest BCUT2D eigenvalue weighted by Crippen LogP contribution is 2.13. The van der Waals surface area contributed by atoms with Crippen molar-refractivity contribution in [3.63, 3.8) is 0 Å². The zero-order valence-corrected chi connectivity index (χ0v) is 18.1. The lowest BCUT2D eigenvalue weighted by molar-refractivity contribution is -0.116. The molecule has 146 valence electrons. The van der Waals surface area contributed by atoms with E-state index in [1.165, 1.54) is 0 Å². The highest BCUT2D eigenvalue weighted by molar-refractivity contribution is 14.0. The van der Waals surface area contributed by atoms with E-state index in [0.717, 1.165) is 23.4 Å². The molecular formula is C20H28IN5O. The largest absolute Gasteiger partial charge is 0.370 e. The summed E-state index contributed by atoms with van der Waals surface area (Å²) in [5, 5.41) is 6.00. The van der Waals surface area contributed by atoms with Crippen LogP contribution in [0.15, 0.2) is 53.7 Å². The number of benzene rings is 1. The van der Waals surface area contributed by atoms with Crippen molar-refractivity contribution in [3.05, 3.63) is 59.9 Å². The van der Waals surface area contributed by atoms with Gasteiger partial charge in [-0.25, -0.2) is 4.99 Å². The van der Waals surface area contributed by atoms with Crippen LogP contribution in [0.1, 0.15) is 31.5 Å². The second kappa shape index (κ2) is 12.3. The van der Waals surface area contributed by atoms with Gasteiger partial charge >= 0.3 is 0 Å². The number of nitrogens with zero attached hydrogens (tertiary/aromatic N) is 2. The monoisotopic (exact) mass is 481 g/mol. The summed E-state index contributed by atoms with van der Waals surface area (Å²) >= 11 is 0. The Kier molecular flexibility index (Phi) is 10.4. The first-order chi connectivity index (χ1) is 12.5. The summed E-state index contributed by atoms with van der Waals surface area (Å²) in [6.07, 6.45) is 3.07. The number of anilines is 1. The molecule has 1 heterocycles. The van der Waals surface area contributed by atoms with Gasteiger partial charge in [-0.2, -0.15) is 0 Å². The number of amides is 1. The summed E-state index contributed by atoms with van der Waals surface area (Å²) in [4.78, 5) is 20.5. The van der Waals surface area contributed by atoms with Gasteiger partial charge in [0.15, 0.2) is 5.96 Å². The molecule has 0 unspecified atom stereocenters. The van der Waals surface area contributed by atoms with Crippen molar-refractivity contribution in [1.29, 1.82) is 0 Å². The molecule has 2 aromatic rings. The number of hydrogen-bond acceptors (Lipinski definition) is 3. The molecule has 0 aliphatic rings. The van der Waals surface area contributed by atoms with Crippen LogP contribution in [0.25, 0.3) is 0 Å².